The van der Waals surface area contributed by atoms with E-state index in [4.69, 9.17) is 0 Å². The van der Waals surface area contributed by atoms with Gasteiger partial charge in [0.05, 0.1) is 0 Å². The molecule has 8 heteroatoms. The van der Waals surface area contributed by atoms with E-state index >= 15 is 0 Å². The first-order valence-electron chi connectivity index (χ1n) is 12.0. The van der Waals surface area contributed by atoms with Gasteiger partial charge >= 0.3 is 0 Å². The summed E-state index contributed by atoms with van der Waals surface area (Å²) in [5.74, 6) is 0.248. The maximum absolute atomic E-state index is 12.6. The zero-order valence-corrected chi connectivity index (χ0v) is 21.1. The van der Waals surface area contributed by atoms with Crippen LogP contribution in [0.15, 0.2) is 0 Å². The highest BCUT2D eigenvalue weighted by Crippen LogP contribution is 2.13. The fraction of sp³-hybridized carbons (Fsp3) is 0.833. The molecule has 0 fully saturated rings. The van der Waals surface area contributed by atoms with E-state index in [0.717, 1.165) is 12.7 Å². The van der Waals surface area contributed by atoms with Gasteiger partial charge in [-0.3, -0.25) is 14.4 Å². The summed E-state index contributed by atoms with van der Waals surface area (Å²) < 4.78 is 0. The third-order valence-corrected chi connectivity index (χ3v) is 5.82. The van der Waals surface area contributed by atoms with Crippen molar-refractivity contribution in [1.29, 1.82) is 0 Å². The summed E-state index contributed by atoms with van der Waals surface area (Å²) in [4.78, 5) is 47.4. The first kappa shape index (κ1) is 30.0. The molecule has 32 heavy (non-hydrogen) atoms. The number of aldehydes is 1. The minimum absolute atomic E-state index is 0.0149. The Bertz CT molecular complexity index is 580. The van der Waals surface area contributed by atoms with Crippen molar-refractivity contribution >= 4 is 24.0 Å². The zero-order valence-electron chi connectivity index (χ0n) is 21.1. The van der Waals surface area contributed by atoms with E-state index in [2.05, 4.69) is 21.3 Å². The molecule has 4 N–H and O–H groups in total. The van der Waals surface area contributed by atoms with Crippen molar-refractivity contribution in [2.75, 3.05) is 7.05 Å². The third-order valence-electron chi connectivity index (χ3n) is 5.82. The Hall–Kier alpha value is -1.96. The van der Waals surface area contributed by atoms with E-state index < -0.39 is 0 Å². The molecular weight excluding hydrogens is 408 g/mol. The number of carbonyl (C=O) groups excluding carboxylic acids is 4. The van der Waals surface area contributed by atoms with E-state index in [9.17, 15) is 19.2 Å². The highest BCUT2D eigenvalue weighted by molar-refractivity contribution is 5.78. The van der Waals surface area contributed by atoms with Gasteiger partial charge in [0.15, 0.2) is 0 Å². The highest BCUT2D eigenvalue weighted by atomic mass is 16.2. The van der Waals surface area contributed by atoms with Crippen LogP contribution in [-0.4, -0.2) is 55.2 Å². The first-order chi connectivity index (χ1) is 15.0. The first-order valence-corrected chi connectivity index (χ1v) is 12.0. The van der Waals surface area contributed by atoms with Crippen LogP contribution < -0.4 is 21.3 Å². The third kappa shape index (κ3) is 14.2. The van der Waals surface area contributed by atoms with Crippen LogP contribution in [0.1, 0.15) is 86.5 Å². The molecule has 0 aliphatic carbocycles. The Kier molecular flexibility index (Phi) is 15.6. The van der Waals surface area contributed by atoms with Crippen LogP contribution in [0.4, 0.5) is 0 Å². The van der Waals surface area contributed by atoms with Crippen LogP contribution in [0.2, 0.25) is 0 Å². The molecule has 3 amide bonds. The molecule has 0 aromatic heterocycles. The van der Waals surface area contributed by atoms with Gasteiger partial charge in [-0.15, -0.1) is 0 Å². The molecule has 0 bridgehead atoms. The lowest BCUT2D eigenvalue weighted by atomic mass is 9.96. The van der Waals surface area contributed by atoms with E-state index in [0.29, 0.717) is 32.1 Å². The van der Waals surface area contributed by atoms with Crippen LogP contribution in [-0.2, 0) is 19.2 Å². The van der Waals surface area contributed by atoms with Crippen molar-refractivity contribution in [2.45, 2.75) is 111 Å². The van der Waals surface area contributed by atoms with Crippen molar-refractivity contribution < 1.29 is 19.2 Å². The fourth-order valence-electron chi connectivity index (χ4n) is 3.32. The van der Waals surface area contributed by atoms with Gasteiger partial charge in [-0.25, -0.2) is 0 Å². The molecule has 0 saturated carbocycles. The molecule has 4 atom stereocenters. The van der Waals surface area contributed by atoms with E-state index in [-0.39, 0.29) is 60.1 Å². The van der Waals surface area contributed by atoms with Gasteiger partial charge in [0.2, 0.25) is 17.7 Å². The molecule has 0 radical (unpaired) electrons. The number of hydrogen-bond donors (Lipinski definition) is 4. The summed E-state index contributed by atoms with van der Waals surface area (Å²) >= 11 is 0. The number of rotatable bonds is 17. The van der Waals surface area contributed by atoms with Crippen LogP contribution >= 0.6 is 0 Å². The van der Waals surface area contributed by atoms with Gasteiger partial charge in [-0.05, 0) is 52.0 Å². The smallest absolute Gasteiger partial charge is 0.220 e. The van der Waals surface area contributed by atoms with Crippen LogP contribution in [0.5, 0.6) is 0 Å². The second-order valence-electron chi connectivity index (χ2n) is 9.51. The van der Waals surface area contributed by atoms with E-state index in [1.54, 1.807) is 6.92 Å². The lowest BCUT2D eigenvalue weighted by molar-refractivity contribution is -0.125. The van der Waals surface area contributed by atoms with Gasteiger partial charge in [0.1, 0.15) is 6.29 Å². The predicted octanol–water partition coefficient (Wildman–Crippen LogP) is 2.31. The summed E-state index contributed by atoms with van der Waals surface area (Å²) in [6, 6.07) is -0.0606. The molecule has 0 aliphatic heterocycles. The van der Waals surface area contributed by atoms with E-state index in [1.165, 1.54) is 0 Å². The summed E-state index contributed by atoms with van der Waals surface area (Å²) in [5, 5.41) is 12.0. The summed E-state index contributed by atoms with van der Waals surface area (Å²) in [5.41, 5.74) is 0. The Morgan fingerprint density at radius 3 is 1.44 bits per heavy atom. The molecule has 0 saturated heterocycles. The Morgan fingerprint density at radius 2 is 1.06 bits per heavy atom. The summed E-state index contributed by atoms with van der Waals surface area (Å²) in [6.07, 6.45) is 4.04. The highest BCUT2D eigenvalue weighted by Gasteiger charge is 2.21. The topological polar surface area (TPSA) is 116 Å². The minimum Gasteiger partial charge on any atom is -0.353 e. The second-order valence-corrected chi connectivity index (χ2v) is 9.51. The van der Waals surface area contributed by atoms with Crippen molar-refractivity contribution in [3.8, 4) is 0 Å². The van der Waals surface area contributed by atoms with Gasteiger partial charge in [0.25, 0.3) is 0 Å². The second kappa shape index (κ2) is 16.6. The Balaban J connectivity index is 4.56. The van der Waals surface area contributed by atoms with Crippen molar-refractivity contribution in [3.05, 3.63) is 0 Å². The average Bonchev–Trinajstić information content (AvgIpc) is 2.71. The molecule has 0 spiro atoms. The minimum atomic E-state index is -0.184. The molecule has 0 heterocycles. The average molecular weight is 455 g/mol. The zero-order chi connectivity index (χ0) is 24.7. The number of hydrogen-bond acceptors (Lipinski definition) is 5. The van der Waals surface area contributed by atoms with Crippen LogP contribution in [0.3, 0.4) is 0 Å². The summed E-state index contributed by atoms with van der Waals surface area (Å²) in [7, 11) is 1.88. The molecule has 0 aliphatic rings. The lowest BCUT2D eigenvalue weighted by Gasteiger charge is -2.25. The van der Waals surface area contributed by atoms with Gasteiger partial charge in [-0.2, -0.15) is 0 Å². The molecule has 186 valence electrons. The Morgan fingerprint density at radius 1 is 0.656 bits per heavy atom. The fourth-order valence-corrected chi connectivity index (χ4v) is 3.32. The maximum Gasteiger partial charge on any atom is 0.220 e. The SMILES string of the molecule is CN[C@@H](C)CCC(=O)N[C@H](CCC(=O)N[C@H](CCC(=O)N[C@@H](C)CC=O)C(C)C)C(C)C. The predicted molar refractivity (Wildman–Crippen MR) is 128 cm³/mol. The van der Waals surface area contributed by atoms with Crippen molar-refractivity contribution in [3.63, 3.8) is 0 Å². The van der Waals surface area contributed by atoms with Gasteiger partial charge in [-0.1, -0.05) is 27.7 Å². The number of nitrogens with one attached hydrogen (secondary N) is 4. The molecule has 0 unspecified atom stereocenters. The largest absolute Gasteiger partial charge is 0.353 e. The van der Waals surface area contributed by atoms with Crippen molar-refractivity contribution in [2.24, 2.45) is 11.8 Å². The number of amides is 3. The quantitative estimate of drug-likeness (QED) is 0.252. The maximum atomic E-state index is 12.6. The molecule has 0 aromatic carbocycles. The van der Waals surface area contributed by atoms with E-state index in [1.807, 2.05) is 41.7 Å². The van der Waals surface area contributed by atoms with Crippen LogP contribution in [0, 0.1) is 11.8 Å². The molecular formula is C24H46N4O4. The van der Waals surface area contributed by atoms with Crippen molar-refractivity contribution in [1.82, 2.24) is 21.3 Å². The van der Waals surface area contributed by atoms with Gasteiger partial charge < -0.3 is 26.1 Å². The molecule has 0 aromatic rings. The standard InChI is InChI=1S/C24H46N4O4/c1-16(2)20(9-12-22(30)26-19(6)14-15-29)28-24(32)13-10-21(17(3)4)27-23(31)11-8-18(5)25-7/h15-21,25H,8-14H2,1-7H3,(H,26,30)(H,27,31)(H,28,32)/t18-,19-,20+,21+/m0/s1. The normalized spacial score (nSPS) is 15.0. The van der Waals surface area contributed by atoms with Crippen LogP contribution in [0.25, 0.3) is 0 Å². The molecule has 8 nitrogen and oxygen atoms in total. The summed E-state index contributed by atoms with van der Waals surface area (Å²) in [6.45, 7) is 11.9. The number of carbonyl (C=O) groups is 4. The van der Waals surface area contributed by atoms with Gasteiger partial charge in [0, 0.05) is 49.9 Å². The molecule has 0 rings (SSSR count). The Labute approximate surface area is 194 Å². The lowest BCUT2D eigenvalue weighted by Crippen LogP contribution is -2.42. The monoisotopic (exact) mass is 454 g/mol.